The van der Waals surface area contributed by atoms with Gasteiger partial charge in [0.2, 0.25) is 6.08 Å². The molecular weight excluding hydrogens is 218 g/mol. The number of methoxy groups -OCH3 is 1. The number of carbonyl (C=O) groups excluding carboxylic acids is 1. The summed E-state index contributed by atoms with van der Waals surface area (Å²) in [6, 6.07) is 1.55. The van der Waals surface area contributed by atoms with Crippen LogP contribution in [0.1, 0.15) is 11.1 Å². The lowest BCUT2D eigenvalue weighted by Crippen LogP contribution is -1.93. The molecule has 0 atom stereocenters. The van der Waals surface area contributed by atoms with Crippen molar-refractivity contribution in [1.29, 1.82) is 0 Å². The zero-order valence-corrected chi connectivity index (χ0v) is 9.13. The average molecular weight is 228 g/mol. The number of hydrogen-bond donors (Lipinski definition) is 1. The van der Waals surface area contributed by atoms with Crippen molar-refractivity contribution in [2.24, 2.45) is 4.99 Å². The summed E-state index contributed by atoms with van der Waals surface area (Å²) in [5, 5.41) is 10.2. The number of rotatable bonds is 3. The second kappa shape index (κ2) is 4.82. The Morgan fingerprint density at radius 2 is 2.33 bits per heavy atom. The van der Waals surface area contributed by atoms with Gasteiger partial charge < -0.3 is 9.84 Å². The highest BCUT2D eigenvalue weighted by Gasteiger charge is 2.14. The summed E-state index contributed by atoms with van der Waals surface area (Å²) in [5.74, 6) is 0.261. The number of nitrogens with zero attached hydrogens (tertiary/aromatic N) is 1. The van der Waals surface area contributed by atoms with Crippen LogP contribution in [0.3, 0.4) is 0 Å². The maximum absolute atomic E-state index is 9.96. The van der Waals surface area contributed by atoms with Crippen LogP contribution in [0.4, 0.5) is 0 Å². The van der Waals surface area contributed by atoms with Crippen molar-refractivity contribution in [2.45, 2.75) is 13.5 Å². The molecule has 1 aromatic rings. The molecule has 0 saturated heterocycles. The summed E-state index contributed by atoms with van der Waals surface area (Å²) in [6.07, 6.45) is 1.39. The zero-order valence-electron chi connectivity index (χ0n) is 8.37. The van der Waals surface area contributed by atoms with Gasteiger partial charge in [0, 0.05) is 16.1 Å². The largest absolute Gasteiger partial charge is 0.504 e. The summed E-state index contributed by atoms with van der Waals surface area (Å²) in [6.45, 7) is 1.76. The summed E-state index contributed by atoms with van der Waals surface area (Å²) in [4.78, 5) is 13.3. The number of phenols is 1. The molecule has 0 bridgehead atoms. The van der Waals surface area contributed by atoms with E-state index in [1.807, 2.05) is 0 Å². The fraction of sp³-hybridized carbons (Fsp3) is 0.300. The Kier molecular flexibility index (Phi) is 3.72. The smallest absolute Gasteiger partial charge is 0.235 e. The molecular formula is C10H10ClNO3. The predicted octanol–water partition coefficient (Wildman–Crippen LogP) is 2.20. The number of phenolic OH excluding ortho intramolecular Hbond substituents is 1. The molecule has 0 aliphatic rings. The maximum atomic E-state index is 9.96. The van der Waals surface area contributed by atoms with Crippen LogP contribution in [-0.4, -0.2) is 18.3 Å². The highest BCUT2D eigenvalue weighted by atomic mass is 35.5. The van der Waals surface area contributed by atoms with Crippen molar-refractivity contribution in [1.82, 2.24) is 0 Å². The average Bonchev–Trinajstić information content (AvgIpc) is 2.22. The van der Waals surface area contributed by atoms with Gasteiger partial charge >= 0.3 is 0 Å². The van der Waals surface area contributed by atoms with Crippen molar-refractivity contribution in [2.75, 3.05) is 7.11 Å². The van der Waals surface area contributed by atoms with Crippen molar-refractivity contribution in [3.63, 3.8) is 0 Å². The van der Waals surface area contributed by atoms with Gasteiger partial charge in [-0.05, 0) is 13.0 Å². The SMILES string of the molecule is COc1c(C)c(Cl)cc(CN=C=O)c1O. The second-order valence-corrected chi connectivity index (χ2v) is 3.34. The maximum Gasteiger partial charge on any atom is 0.235 e. The zero-order chi connectivity index (χ0) is 11.4. The highest BCUT2D eigenvalue weighted by molar-refractivity contribution is 6.31. The number of hydrogen-bond acceptors (Lipinski definition) is 4. The molecule has 0 aromatic heterocycles. The summed E-state index contributed by atoms with van der Waals surface area (Å²) < 4.78 is 5.00. The lowest BCUT2D eigenvalue weighted by atomic mass is 10.1. The fourth-order valence-corrected chi connectivity index (χ4v) is 1.47. The minimum Gasteiger partial charge on any atom is -0.504 e. The first-order valence-electron chi connectivity index (χ1n) is 4.20. The lowest BCUT2D eigenvalue weighted by molar-refractivity contribution is 0.368. The summed E-state index contributed by atoms with van der Waals surface area (Å²) >= 11 is 5.92. The van der Waals surface area contributed by atoms with Gasteiger partial charge in [0.25, 0.3) is 0 Å². The number of aromatic hydroxyl groups is 1. The van der Waals surface area contributed by atoms with Gasteiger partial charge in [0.15, 0.2) is 11.5 Å². The monoisotopic (exact) mass is 227 g/mol. The number of ether oxygens (including phenoxy) is 1. The van der Waals surface area contributed by atoms with E-state index in [1.165, 1.54) is 13.2 Å². The van der Waals surface area contributed by atoms with E-state index in [0.29, 0.717) is 21.9 Å². The third kappa shape index (κ3) is 2.29. The molecule has 15 heavy (non-hydrogen) atoms. The molecule has 4 nitrogen and oxygen atoms in total. The van der Waals surface area contributed by atoms with Crippen molar-refractivity contribution < 1.29 is 14.6 Å². The van der Waals surface area contributed by atoms with E-state index in [4.69, 9.17) is 16.3 Å². The van der Waals surface area contributed by atoms with E-state index in [2.05, 4.69) is 4.99 Å². The van der Waals surface area contributed by atoms with Gasteiger partial charge in [-0.15, -0.1) is 0 Å². The van der Waals surface area contributed by atoms with Crippen LogP contribution in [0, 0.1) is 6.92 Å². The molecule has 0 aliphatic carbocycles. The topological polar surface area (TPSA) is 58.9 Å². The van der Waals surface area contributed by atoms with Gasteiger partial charge in [-0.1, -0.05) is 11.6 Å². The van der Waals surface area contributed by atoms with E-state index in [0.717, 1.165) is 0 Å². The summed E-state index contributed by atoms with van der Waals surface area (Å²) in [5.41, 5.74) is 1.08. The Morgan fingerprint density at radius 1 is 1.67 bits per heavy atom. The first kappa shape index (κ1) is 11.6. The van der Waals surface area contributed by atoms with E-state index in [-0.39, 0.29) is 12.3 Å². The number of aliphatic imine (C=N–C) groups is 1. The molecule has 0 heterocycles. The predicted molar refractivity (Wildman–Crippen MR) is 56.2 cm³/mol. The molecule has 5 heteroatoms. The first-order chi connectivity index (χ1) is 7.11. The van der Waals surface area contributed by atoms with Crippen LogP contribution >= 0.6 is 11.6 Å². The van der Waals surface area contributed by atoms with E-state index < -0.39 is 0 Å². The molecule has 0 aliphatic heterocycles. The van der Waals surface area contributed by atoms with Gasteiger partial charge in [-0.2, -0.15) is 0 Å². The van der Waals surface area contributed by atoms with Crippen molar-refractivity contribution in [3.8, 4) is 11.5 Å². The fourth-order valence-electron chi connectivity index (χ4n) is 1.25. The molecule has 0 unspecified atom stereocenters. The quantitative estimate of drug-likeness (QED) is 0.636. The van der Waals surface area contributed by atoms with E-state index in [1.54, 1.807) is 13.0 Å². The minimum atomic E-state index is -0.0431. The lowest BCUT2D eigenvalue weighted by Gasteiger charge is -2.11. The van der Waals surface area contributed by atoms with Crippen LogP contribution in [0.15, 0.2) is 11.1 Å². The Morgan fingerprint density at radius 3 is 2.87 bits per heavy atom. The van der Waals surface area contributed by atoms with Gasteiger partial charge in [-0.25, -0.2) is 9.79 Å². The number of halogens is 1. The van der Waals surface area contributed by atoms with Gasteiger partial charge in [-0.3, -0.25) is 0 Å². The normalized spacial score (nSPS) is 9.53. The van der Waals surface area contributed by atoms with Crippen LogP contribution in [-0.2, 0) is 11.3 Å². The van der Waals surface area contributed by atoms with E-state index >= 15 is 0 Å². The molecule has 1 aromatic carbocycles. The third-order valence-corrected chi connectivity index (χ3v) is 2.43. The summed E-state index contributed by atoms with van der Waals surface area (Å²) in [7, 11) is 1.44. The van der Waals surface area contributed by atoms with Crippen LogP contribution in [0.2, 0.25) is 5.02 Å². The van der Waals surface area contributed by atoms with Gasteiger partial charge in [0.1, 0.15) is 0 Å². The number of isocyanates is 1. The highest BCUT2D eigenvalue weighted by Crippen LogP contribution is 2.38. The third-order valence-electron chi connectivity index (χ3n) is 2.04. The van der Waals surface area contributed by atoms with Crippen LogP contribution < -0.4 is 4.74 Å². The Labute approximate surface area is 92.2 Å². The van der Waals surface area contributed by atoms with Crippen LogP contribution in [0.25, 0.3) is 0 Å². The molecule has 0 saturated carbocycles. The molecule has 1 rings (SSSR count). The van der Waals surface area contributed by atoms with Crippen molar-refractivity contribution in [3.05, 3.63) is 22.2 Å². The van der Waals surface area contributed by atoms with Crippen LogP contribution in [0.5, 0.6) is 11.5 Å². The first-order valence-corrected chi connectivity index (χ1v) is 4.58. The van der Waals surface area contributed by atoms with E-state index in [9.17, 15) is 9.90 Å². The molecule has 80 valence electrons. The van der Waals surface area contributed by atoms with Gasteiger partial charge in [0.05, 0.1) is 13.7 Å². The molecule has 0 spiro atoms. The molecule has 0 radical (unpaired) electrons. The molecule has 0 amide bonds. The Bertz CT molecular complexity index is 425. The molecule has 1 N–H and O–H groups in total. The Hall–Kier alpha value is -1.51. The minimum absolute atomic E-state index is 0.0334. The standard InChI is InChI=1S/C10H10ClNO3/c1-6-8(11)3-7(4-12-5-13)9(14)10(6)15-2/h3,14H,4H2,1-2H3. The molecule has 0 fully saturated rings. The van der Waals surface area contributed by atoms with Crippen molar-refractivity contribution >= 4 is 17.7 Å². The number of benzene rings is 1. The Balaban J connectivity index is 3.29. The second-order valence-electron chi connectivity index (χ2n) is 2.93.